The van der Waals surface area contributed by atoms with Gasteiger partial charge in [-0.25, -0.2) is 4.79 Å². The van der Waals surface area contributed by atoms with Gasteiger partial charge in [-0.2, -0.15) is 0 Å². The highest BCUT2D eigenvalue weighted by Crippen LogP contribution is 2.46. The molecule has 0 bridgehead atoms. The van der Waals surface area contributed by atoms with E-state index in [-0.39, 0.29) is 24.1 Å². The Morgan fingerprint density at radius 1 is 1.12 bits per heavy atom. The lowest BCUT2D eigenvalue weighted by atomic mass is 9.71. The summed E-state index contributed by atoms with van der Waals surface area (Å²) in [7, 11) is 0. The molecular weight excluding hydrogens is 454 g/mol. The van der Waals surface area contributed by atoms with Gasteiger partial charge in [0.05, 0.1) is 12.2 Å². The van der Waals surface area contributed by atoms with Gasteiger partial charge in [0.25, 0.3) is 0 Å². The lowest BCUT2D eigenvalue weighted by Crippen LogP contribution is -2.36. The van der Waals surface area contributed by atoms with Crippen LogP contribution in [0.2, 0.25) is 5.02 Å². The zero-order valence-electron chi connectivity index (χ0n) is 19.3. The highest BCUT2D eigenvalue weighted by atomic mass is 35.5. The number of dihydropyridines is 1. The van der Waals surface area contributed by atoms with Gasteiger partial charge < -0.3 is 19.9 Å². The first kappa shape index (κ1) is 24.0. The molecule has 1 heterocycles. The molecule has 0 saturated heterocycles. The van der Waals surface area contributed by atoms with E-state index in [1.807, 2.05) is 44.2 Å². The monoisotopic (exact) mass is 481 g/mol. The average molecular weight is 482 g/mol. The van der Waals surface area contributed by atoms with E-state index in [1.54, 1.807) is 18.2 Å². The molecular formula is C27H28ClNO5. The van der Waals surface area contributed by atoms with Crippen LogP contribution in [-0.2, 0) is 19.1 Å². The second-order valence-electron chi connectivity index (χ2n) is 8.50. The van der Waals surface area contributed by atoms with Gasteiger partial charge in [0.15, 0.2) is 5.78 Å². The Morgan fingerprint density at radius 3 is 2.59 bits per heavy atom. The van der Waals surface area contributed by atoms with Gasteiger partial charge in [-0.15, -0.1) is 0 Å². The number of hydrogen-bond acceptors (Lipinski definition) is 6. The van der Waals surface area contributed by atoms with Crippen LogP contribution in [0.4, 0.5) is 0 Å². The van der Waals surface area contributed by atoms with E-state index in [9.17, 15) is 14.7 Å². The van der Waals surface area contributed by atoms with Crippen molar-refractivity contribution in [3.05, 3.63) is 87.2 Å². The van der Waals surface area contributed by atoms with Crippen LogP contribution in [0.5, 0.6) is 5.75 Å². The van der Waals surface area contributed by atoms with Crippen molar-refractivity contribution in [1.82, 2.24) is 5.32 Å². The van der Waals surface area contributed by atoms with Crippen molar-refractivity contribution >= 4 is 23.4 Å². The molecule has 2 aliphatic rings. The largest absolute Gasteiger partial charge is 0.508 e. The second-order valence-corrected chi connectivity index (χ2v) is 8.93. The van der Waals surface area contributed by atoms with E-state index in [1.165, 1.54) is 0 Å². The first-order valence-electron chi connectivity index (χ1n) is 11.4. The number of aromatic hydroxyl groups is 1. The number of phenolic OH excluding ortho intramolecular Hbond substituents is 1. The predicted molar refractivity (Wildman–Crippen MR) is 130 cm³/mol. The maximum atomic E-state index is 13.5. The predicted octanol–water partition coefficient (Wildman–Crippen LogP) is 4.99. The molecule has 6 nitrogen and oxygen atoms in total. The number of phenols is 1. The molecule has 0 aromatic heterocycles. The second kappa shape index (κ2) is 10.5. The van der Waals surface area contributed by atoms with Crippen LogP contribution in [0.1, 0.15) is 49.7 Å². The SMILES string of the molecule is CCOCCOC(=O)C1=C(C)NC2=C(C(=O)C[C@@H](c3ccc(Cl)cc3)C2)[C@@H]1c1cccc(O)c1. The van der Waals surface area contributed by atoms with Crippen LogP contribution < -0.4 is 5.32 Å². The summed E-state index contributed by atoms with van der Waals surface area (Å²) in [5.74, 6) is -1.08. The van der Waals surface area contributed by atoms with Gasteiger partial charge >= 0.3 is 5.97 Å². The van der Waals surface area contributed by atoms with Gasteiger partial charge in [0.1, 0.15) is 12.4 Å². The number of carbonyl (C=O) groups excluding carboxylic acids is 2. The number of nitrogens with one attached hydrogen (secondary N) is 1. The van der Waals surface area contributed by atoms with Crippen molar-refractivity contribution in [3.8, 4) is 5.75 Å². The van der Waals surface area contributed by atoms with Gasteiger partial charge in [0.2, 0.25) is 0 Å². The number of allylic oxidation sites excluding steroid dienone is 3. The van der Waals surface area contributed by atoms with E-state index in [4.69, 9.17) is 21.1 Å². The Balaban J connectivity index is 1.71. The summed E-state index contributed by atoms with van der Waals surface area (Å²) in [6.07, 6.45) is 0.950. The van der Waals surface area contributed by atoms with Crippen LogP contribution in [0.3, 0.4) is 0 Å². The Kier molecular flexibility index (Phi) is 7.39. The van der Waals surface area contributed by atoms with E-state index in [2.05, 4.69) is 5.32 Å². The molecule has 34 heavy (non-hydrogen) atoms. The first-order valence-corrected chi connectivity index (χ1v) is 11.8. The number of Topliss-reactive ketones (excluding diaryl/α,β-unsaturated/α-hetero) is 1. The smallest absolute Gasteiger partial charge is 0.336 e. The summed E-state index contributed by atoms with van der Waals surface area (Å²) in [6.45, 7) is 4.64. The van der Waals surface area contributed by atoms with E-state index < -0.39 is 11.9 Å². The number of esters is 1. The number of carbonyl (C=O) groups is 2. The highest BCUT2D eigenvalue weighted by Gasteiger charge is 2.41. The Labute approximate surface area is 204 Å². The van der Waals surface area contributed by atoms with Crippen LogP contribution in [0, 0.1) is 0 Å². The molecule has 178 valence electrons. The van der Waals surface area contributed by atoms with Gasteiger partial charge in [0, 0.05) is 40.9 Å². The summed E-state index contributed by atoms with van der Waals surface area (Å²) in [4.78, 5) is 26.7. The standard InChI is InChI=1S/C27H28ClNO5/c1-3-33-11-12-34-27(32)24-16(2)29-22-14-19(17-7-9-20(28)10-8-17)15-23(31)26(22)25(24)18-5-4-6-21(30)13-18/h4-10,13,19,25,29-30H,3,11-12,14-15H2,1-2H3/t19-,25+/m0/s1. The zero-order valence-corrected chi connectivity index (χ0v) is 20.0. The summed E-state index contributed by atoms with van der Waals surface area (Å²) < 4.78 is 10.8. The normalized spacial score (nSPS) is 20.1. The maximum absolute atomic E-state index is 13.5. The molecule has 0 unspecified atom stereocenters. The van der Waals surface area contributed by atoms with Crippen LogP contribution >= 0.6 is 11.6 Å². The molecule has 0 spiro atoms. The molecule has 4 rings (SSSR count). The molecule has 2 aromatic rings. The van der Waals surface area contributed by atoms with Crippen LogP contribution in [0.15, 0.2) is 71.1 Å². The number of ketones is 1. The molecule has 0 radical (unpaired) electrons. The summed E-state index contributed by atoms with van der Waals surface area (Å²) >= 11 is 6.04. The molecule has 2 N–H and O–H groups in total. The Bertz CT molecular complexity index is 1150. The van der Waals surface area contributed by atoms with Crippen LogP contribution in [0.25, 0.3) is 0 Å². The number of halogens is 1. The Hall–Kier alpha value is -3.09. The van der Waals surface area contributed by atoms with Crippen molar-refractivity contribution < 1.29 is 24.2 Å². The lowest BCUT2D eigenvalue weighted by molar-refractivity contribution is -0.140. The summed E-state index contributed by atoms with van der Waals surface area (Å²) in [5, 5.41) is 14.1. The molecule has 2 atom stereocenters. The summed E-state index contributed by atoms with van der Waals surface area (Å²) in [5.41, 5.74) is 4.08. The molecule has 1 aliphatic carbocycles. The molecule has 7 heteroatoms. The summed E-state index contributed by atoms with van der Waals surface area (Å²) in [6, 6.07) is 14.3. The quantitative estimate of drug-likeness (QED) is 0.428. The van der Waals surface area contributed by atoms with Crippen LogP contribution in [-0.4, -0.2) is 36.7 Å². The van der Waals surface area contributed by atoms with E-state index in [0.29, 0.717) is 53.5 Å². The number of rotatable bonds is 7. The minimum Gasteiger partial charge on any atom is -0.508 e. The molecule has 2 aromatic carbocycles. The van der Waals surface area contributed by atoms with Crippen molar-refractivity contribution in [1.29, 1.82) is 0 Å². The first-order chi connectivity index (χ1) is 16.4. The lowest BCUT2D eigenvalue weighted by Gasteiger charge is -2.36. The van der Waals surface area contributed by atoms with Gasteiger partial charge in [-0.3, -0.25) is 4.79 Å². The van der Waals surface area contributed by atoms with Gasteiger partial charge in [-0.1, -0.05) is 35.9 Å². The fourth-order valence-electron chi connectivity index (χ4n) is 4.73. The zero-order chi connectivity index (χ0) is 24.2. The minimum absolute atomic E-state index is 0.00772. The maximum Gasteiger partial charge on any atom is 0.336 e. The molecule has 0 amide bonds. The topological polar surface area (TPSA) is 84.9 Å². The van der Waals surface area contributed by atoms with E-state index in [0.717, 1.165) is 11.3 Å². The van der Waals surface area contributed by atoms with Crippen molar-refractivity contribution in [2.45, 2.75) is 38.5 Å². The third-order valence-electron chi connectivity index (χ3n) is 6.26. The van der Waals surface area contributed by atoms with E-state index >= 15 is 0 Å². The average Bonchev–Trinajstić information content (AvgIpc) is 2.81. The fourth-order valence-corrected chi connectivity index (χ4v) is 4.86. The molecule has 0 saturated carbocycles. The number of hydrogen-bond donors (Lipinski definition) is 2. The van der Waals surface area contributed by atoms with Crippen molar-refractivity contribution in [2.75, 3.05) is 19.8 Å². The van der Waals surface area contributed by atoms with Crippen molar-refractivity contribution in [3.63, 3.8) is 0 Å². The van der Waals surface area contributed by atoms with Gasteiger partial charge in [-0.05, 0) is 61.6 Å². The number of ether oxygens (including phenoxy) is 2. The Morgan fingerprint density at radius 2 is 1.88 bits per heavy atom. The highest BCUT2D eigenvalue weighted by molar-refractivity contribution is 6.30. The fraction of sp³-hybridized carbons (Fsp3) is 0.333. The third kappa shape index (κ3) is 5.03. The van der Waals surface area contributed by atoms with Crippen molar-refractivity contribution in [2.24, 2.45) is 0 Å². The third-order valence-corrected chi connectivity index (χ3v) is 6.51. The molecule has 0 fully saturated rings. The minimum atomic E-state index is -0.624. The molecule has 1 aliphatic heterocycles. The number of benzene rings is 2.